The third kappa shape index (κ3) is 4.54. The molecule has 0 saturated carbocycles. The molecule has 6 nitrogen and oxygen atoms in total. The predicted molar refractivity (Wildman–Crippen MR) is 96.5 cm³/mol. The Hall–Kier alpha value is -2.47. The maximum Gasteiger partial charge on any atom is 0.254 e. The average Bonchev–Trinajstić information content (AvgIpc) is 2.66. The maximum absolute atomic E-state index is 12.7. The Morgan fingerprint density at radius 3 is 3.04 bits per heavy atom. The molecule has 1 saturated heterocycles. The van der Waals surface area contributed by atoms with Crippen molar-refractivity contribution in [2.75, 3.05) is 25.0 Å². The number of morpholine rings is 1. The fourth-order valence-corrected chi connectivity index (χ4v) is 2.88. The predicted octanol–water partition coefficient (Wildman–Crippen LogP) is 2.51. The van der Waals surface area contributed by atoms with Crippen molar-refractivity contribution in [1.29, 1.82) is 0 Å². The monoisotopic (exact) mass is 340 g/mol. The van der Waals surface area contributed by atoms with Crippen molar-refractivity contribution < 1.29 is 9.53 Å². The van der Waals surface area contributed by atoms with Gasteiger partial charge in [-0.05, 0) is 31.0 Å². The molecule has 0 unspecified atom stereocenters. The van der Waals surface area contributed by atoms with Gasteiger partial charge in [0.2, 0.25) is 0 Å². The largest absolute Gasteiger partial charge is 0.375 e. The first-order valence-corrected chi connectivity index (χ1v) is 8.70. The standard InChI is InChI=1S/C19H24N4O2/c1-3-17-10-18(22-13-21-17)20-11-15-5-4-6-16(9-15)19(24)23-7-8-25-14(2)12-23/h4-6,9-10,13-14H,3,7-8,11-12H2,1-2H3,(H,20,21,22)/t14-/m1/s1. The number of anilines is 1. The van der Waals surface area contributed by atoms with Crippen molar-refractivity contribution in [3.8, 4) is 0 Å². The van der Waals surface area contributed by atoms with Gasteiger partial charge in [0.25, 0.3) is 5.91 Å². The summed E-state index contributed by atoms with van der Waals surface area (Å²) in [5.74, 6) is 0.859. The SMILES string of the molecule is CCc1cc(NCc2cccc(C(=O)N3CCO[C@H](C)C3)c2)ncn1. The number of carbonyl (C=O) groups is 1. The van der Waals surface area contributed by atoms with Crippen LogP contribution in [-0.2, 0) is 17.7 Å². The summed E-state index contributed by atoms with van der Waals surface area (Å²) >= 11 is 0. The van der Waals surface area contributed by atoms with E-state index in [1.807, 2.05) is 42.2 Å². The normalized spacial score (nSPS) is 17.4. The van der Waals surface area contributed by atoms with Crippen molar-refractivity contribution in [1.82, 2.24) is 14.9 Å². The molecule has 25 heavy (non-hydrogen) atoms. The van der Waals surface area contributed by atoms with E-state index in [4.69, 9.17) is 4.74 Å². The van der Waals surface area contributed by atoms with Gasteiger partial charge in [0.05, 0.1) is 12.7 Å². The van der Waals surface area contributed by atoms with Crippen LogP contribution in [0.2, 0.25) is 0 Å². The van der Waals surface area contributed by atoms with E-state index in [0.29, 0.717) is 31.8 Å². The topological polar surface area (TPSA) is 67.4 Å². The number of nitrogens with zero attached hydrogens (tertiary/aromatic N) is 3. The Kier molecular flexibility index (Phi) is 5.60. The molecule has 1 aliphatic heterocycles. The van der Waals surface area contributed by atoms with E-state index in [-0.39, 0.29) is 12.0 Å². The van der Waals surface area contributed by atoms with E-state index in [1.54, 1.807) is 6.33 Å². The van der Waals surface area contributed by atoms with Crippen LogP contribution in [0.4, 0.5) is 5.82 Å². The second-order valence-corrected chi connectivity index (χ2v) is 6.23. The van der Waals surface area contributed by atoms with Gasteiger partial charge in [-0.15, -0.1) is 0 Å². The summed E-state index contributed by atoms with van der Waals surface area (Å²) < 4.78 is 5.51. The molecule has 2 heterocycles. The average molecular weight is 340 g/mol. The minimum Gasteiger partial charge on any atom is -0.375 e. The van der Waals surface area contributed by atoms with Crippen molar-refractivity contribution in [2.24, 2.45) is 0 Å². The molecule has 1 amide bonds. The smallest absolute Gasteiger partial charge is 0.254 e. The molecule has 6 heteroatoms. The molecule has 1 aliphatic rings. The molecule has 2 aromatic rings. The van der Waals surface area contributed by atoms with Crippen LogP contribution in [0.25, 0.3) is 0 Å². The van der Waals surface area contributed by atoms with E-state index >= 15 is 0 Å². The van der Waals surface area contributed by atoms with Crippen LogP contribution >= 0.6 is 0 Å². The minimum absolute atomic E-state index is 0.0623. The summed E-state index contributed by atoms with van der Waals surface area (Å²) in [6.45, 7) is 6.55. The van der Waals surface area contributed by atoms with Gasteiger partial charge < -0.3 is 15.0 Å². The third-order valence-electron chi connectivity index (χ3n) is 4.26. The lowest BCUT2D eigenvalue weighted by Crippen LogP contribution is -2.44. The van der Waals surface area contributed by atoms with E-state index in [1.165, 1.54) is 0 Å². The molecular formula is C19H24N4O2. The zero-order chi connectivity index (χ0) is 17.6. The first-order chi connectivity index (χ1) is 12.2. The van der Waals surface area contributed by atoms with Gasteiger partial charge in [0, 0.05) is 37.0 Å². The molecule has 132 valence electrons. The molecular weight excluding hydrogens is 316 g/mol. The lowest BCUT2D eigenvalue weighted by atomic mass is 10.1. The van der Waals surface area contributed by atoms with Gasteiger partial charge in [-0.3, -0.25) is 4.79 Å². The number of rotatable bonds is 5. The molecule has 0 bridgehead atoms. The van der Waals surface area contributed by atoms with Crippen LogP contribution in [0.15, 0.2) is 36.7 Å². The molecule has 0 spiro atoms. The van der Waals surface area contributed by atoms with Gasteiger partial charge in [-0.2, -0.15) is 0 Å². The highest BCUT2D eigenvalue weighted by atomic mass is 16.5. The molecule has 1 atom stereocenters. The van der Waals surface area contributed by atoms with Crippen molar-refractivity contribution >= 4 is 11.7 Å². The Morgan fingerprint density at radius 1 is 1.36 bits per heavy atom. The van der Waals surface area contributed by atoms with Gasteiger partial charge in [0.15, 0.2) is 0 Å². The van der Waals surface area contributed by atoms with Crippen molar-refractivity contribution in [3.63, 3.8) is 0 Å². The highest BCUT2D eigenvalue weighted by molar-refractivity contribution is 5.94. The van der Waals surface area contributed by atoms with E-state index in [0.717, 1.165) is 23.5 Å². The first-order valence-electron chi connectivity index (χ1n) is 8.70. The Morgan fingerprint density at radius 2 is 2.24 bits per heavy atom. The van der Waals surface area contributed by atoms with Crippen LogP contribution in [0, 0.1) is 0 Å². The Bertz CT molecular complexity index is 735. The number of aryl methyl sites for hydroxylation is 1. The first kappa shape index (κ1) is 17.4. The van der Waals surface area contributed by atoms with E-state index < -0.39 is 0 Å². The van der Waals surface area contributed by atoms with Crippen LogP contribution in [0.5, 0.6) is 0 Å². The third-order valence-corrected chi connectivity index (χ3v) is 4.26. The highest BCUT2D eigenvalue weighted by Crippen LogP contribution is 2.14. The van der Waals surface area contributed by atoms with Gasteiger partial charge >= 0.3 is 0 Å². The number of carbonyl (C=O) groups excluding carboxylic acids is 1. The number of aromatic nitrogens is 2. The maximum atomic E-state index is 12.7. The summed E-state index contributed by atoms with van der Waals surface area (Å²) in [6, 6.07) is 9.69. The molecule has 0 radical (unpaired) electrons. The molecule has 0 aliphatic carbocycles. The molecule has 1 N–H and O–H groups in total. The van der Waals surface area contributed by atoms with Crippen LogP contribution in [0.1, 0.15) is 35.5 Å². The molecule has 1 fully saturated rings. The van der Waals surface area contributed by atoms with Gasteiger partial charge in [0.1, 0.15) is 12.1 Å². The Balaban J connectivity index is 1.65. The quantitative estimate of drug-likeness (QED) is 0.906. The lowest BCUT2D eigenvalue weighted by molar-refractivity contribution is -0.0124. The van der Waals surface area contributed by atoms with Crippen LogP contribution < -0.4 is 5.32 Å². The number of benzene rings is 1. The number of ether oxygens (including phenoxy) is 1. The number of nitrogens with one attached hydrogen (secondary N) is 1. The fourth-order valence-electron chi connectivity index (χ4n) is 2.88. The lowest BCUT2D eigenvalue weighted by Gasteiger charge is -2.31. The van der Waals surface area contributed by atoms with E-state index in [9.17, 15) is 4.79 Å². The van der Waals surface area contributed by atoms with Crippen LogP contribution in [-0.4, -0.2) is 46.6 Å². The van der Waals surface area contributed by atoms with Crippen LogP contribution in [0.3, 0.4) is 0 Å². The second-order valence-electron chi connectivity index (χ2n) is 6.23. The molecule has 1 aromatic carbocycles. The Labute approximate surface area is 148 Å². The van der Waals surface area contributed by atoms with Crippen molar-refractivity contribution in [2.45, 2.75) is 32.9 Å². The zero-order valence-electron chi connectivity index (χ0n) is 14.7. The minimum atomic E-state index is 0.0623. The summed E-state index contributed by atoms with van der Waals surface area (Å²) in [5, 5.41) is 3.29. The molecule has 3 rings (SSSR count). The summed E-state index contributed by atoms with van der Waals surface area (Å²) in [7, 11) is 0. The van der Waals surface area contributed by atoms with Gasteiger partial charge in [-0.25, -0.2) is 9.97 Å². The number of hydrogen-bond acceptors (Lipinski definition) is 5. The summed E-state index contributed by atoms with van der Waals surface area (Å²) in [6.07, 6.45) is 2.54. The summed E-state index contributed by atoms with van der Waals surface area (Å²) in [5.41, 5.74) is 2.76. The molecule has 1 aromatic heterocycles. The summed E-state index contributed by atoms with van der Waals surface area (Å²) in [4.78, 5) is 23.0. The second kappa shape index (κ2) is 8.07. The van der Waals surface area contributed by atoms with Gasteiger partial charge in [-0.1, -0.05) is 19.1 Å². The van der Waals surface area contributed by atoms with Crippen molar-refractivity contribution in [3.05, 3.63) is 53.5 Å². The number of amides is 1. The highest BCUT2D eigenvalue weighted by Gasteiger charge is 2.22. The van der Waals surface area contributed by atoms with E-state index in [2.05, 4.69) is 22.2 Å². The zero-order valence-corrected chi connectivity index (χ0v) is 14.7. The fraction of sp³-hybridized carbons (Fsp3) is 0.421. The number of hydrogen-bond donors (Lipinski definition) is 1.